The lowest BCUT2D eigenvalue weighted by Gasteiger charge is -2.29. The lowest BCUT2D eigenvalue weighted by atomic mass is 9.76. The number of para-hydroxylation sites is 1. The van der Waals surface area contributed by atoms with E-state index in [0.29, 0.717) is 6.42 Å². The van der Waals surface area contributed by atoms with Gasteiger partial charge in [-0.1, -0.05) is 56.3 Å². The third-order valence-electron chi connectivity index (χ3n) is 5.93. The lowest BCUT2D eigenvalue weighted by Crippen LogP contribution is -2.27. The molecular weight excluding hydrogens is 334 g/mol. The van der Waals surface area contributed by atoms with Crippen molar-refractivity contribution in [1.82, 2.24) is 4.57 Å². The number of carbonyl (C=O) groups excluding carboxylic acids is 1. The van der Waals surface area contributed by atoms with E-state index in [9.17, 15) is 4.79 Å². The summed E-state index contributed by atoms with van der Waals surface area (Å²) < 4.78 is 8.04. The number of hydrogen-bond donors (Lipinski definition) is 0. The van der Waals surface area contributed by atoms with E-state index in [1.54, 1.807) is 7.11 Å². The highest BCUT2D eigenvalue weighted by molar-refractivity contribution is 5.99. The second-order valence-electron chi connectivity index (χ2n) is 8.45. The quantitative estimate of drug-likeness (QED) is 0.498. The molecular formula is C24H23NO2. The monoisotopic (exact) mass is 357 g/mol. The van der Waals surface area contributed by atoms with E-state index in [1.165, 1.54) is 16.8 Å². The summed E-state index contributed by atoms with van der Waals surface area (Å²) in [6.45, 7) is 4.36. The SMILES string of the molecule is COc1cccc2c1-n1c(cc3c1CC(C)(C)CC3=O)C2c1ccccc1. The predicted octanol–water partition coefficient (Wildman–Crippen LogP) is 5.13. The molecule has 0 N–H and O–H groups in total. The first-order chi connectivity index (χ1) is 13.0. The van der Waals surface area contributed by atoms with Gasteiger partial charge in [0.25, 0.3) is 0 Å². The van der Waals surface area contributed by atoms with Gasteiger partial charge in [-0.25, -0.2) is 0 Å². The molecule has 0 bridgehead atoms. The van der Waals surface area contributed by atoms with E-state index in [-0.39, 0.29) is 17.1 Å². The van der Waals surface area contributed by atoms with Crippen molar-refractivity contribution >= 4 is 5.78 Å². The molecule has 136 valence electrons. The molecule has 2 aromatic carbocycles. The van der Waals surface area contributed by atoms with Crippen molar-refractivity contribution in [3.8, 4) is 11.4 Å². The fourth-order valence-corrected chi connectivity index (χ4v) is 4.84. The van der Waals surface area contributed by atoms with Gasteiger partial charge in [0.15, 0.2) is 5.78 Å². The van der Waals surface area contributed by atoms with E-state index >= 15 is 0 Å². The van der Waals surface area contributed by atoms with E-state index in [4.69, 9.17) is 4.74 Å². The molecule has 0 saturated carbocycles. The van der Waals surface area contributed by atoms with E-state index < -0.39 is 0 Å². The van der Waals surface area contributed by atoms with Gasteiger partial charge in [-0.05, 0) is 35.1 Å². The lowest BCUT2D eigenvalue weighted by molar-refractivity contribution is 0.0911. The van der Waals surface area contributed by atoms with E-state index in [0.717, 1.165) is 29.1 Å². The number of aromatic nitrogens is 1. The Balaban J connectivity index is 1.83. The molecule has 3 heteroatoms. The van der Waals surface area contributed by atoms with Crippen LogP contribution in [0.25, 0.3) is 5.69 Å². The van der Waals surface area contributed by atoms with Gasteiger partial charge in [0, 0.05) is 23.4 Å². The number of carbonyl (C=O) groups is 1. The van der Waals surface area contributed by atoms with Crippen LogP contribution in [0.3, 0.4) is 0 Å². The molecule has 0 saturated heterocycles. The van der Waals surface area contributed by atoms with Crippen molar-refractivity contribution in [3.05, 3.63) is 82.7 Å². The van der Waals surface area contributed by atoms with Crippen molar-refractivity contribution < 1.29 is 9.53 Å². The van der Waals surface area contributed by atoms with Gasteiger partial charge in [-0.2, -0.15) is 0 Å². The average molecular weight is 357 g/mol. The van der Waals surface area contributed by atoms with Crippen molar-refractivity contribution in [2.24, 2.45) is 5.41 Å². The van der Waals surface area contributed by atoms with Crippen LogP contribution in [0.5, 0.6) is 5.75 Å². The van der Waals surface area contributed by atoms with Gasteiger partial charge in [-0.15, -0.1) is 0 Å². The molecule has 1 unspecified atom stereocenters. The zero-order valence-corrected chi connectivity index (χ0v) is 16.0. The smallest absolute Gasteiger partial charge is 0.165 e. The number of methoxy groups -OCH3 is 1. The molecule has 1 aromatic heterocycles. The third kappa shape index (κ3) is 2.31. The van der Waals surface area contributed by atoms with Gasteiger partial charge >= 0.3 is 0 Å². The molecule has 1 aliphatic carbocycles. The Kier molecular flexibility index (Phi) is 3.39. The fraction of sp³-hybridized carbons (Fsp3) is 0.292. The van der Waals surface area contributed by atoms with Gasteiger partial charge in [-0.3, -0.25) is 4.79 Å². The maximum Gasteiger partial charge on any atom is 0.165 e. The summed E-state index contributed by atoms with van der Waals surface area (Å²) in [5, 5.41) is 0. The second kappa shape index (κ2) is 5.59. The molecule has 27 heavy (non-hydrogen) atoms. The van der Waals surface area contributed by atoms with Crippen LogP contribution in [0.4, 0.5) is 0 Å². The Bertz CT molecular complexity index is 1060. The second-order valence-corrected chi connectivity index (χ2v) is 8.45. The number of nitrogens with zero attached hydrogens (tertiary/aromatic N) is 1. The topological polar surface area (TPSA) is 31.2 Å². The molecule has 0 spiro atoms. The first-order valence-corrected chi connectivity index (χ1v) is 9.50. The summed E-state index contributed by atoms with van der Waals surface area (Å²) in [4.78, 5) is 12.9. The summed E-state index contributed by atoms with van der Waals surface area (Å²) in [6.07, 6.45) is 1.51. The zero-order valence-electron chi connectivity index (χ0n) is 16.0. The summed E-state index contributed by atoms with van der Waals surface area (Å²) >= 11 is 0. The summed E-state index contributed by atoms with van der Waals surface area (Å²) in [5.41, 5.74) is 6.76. The van der Waals surface area contributed by atoms with Crippen LogP contribution in [0.1, 0.15) is 59.1 Å². The molecule has 3 nitrogen and oxygen atoms in total. The van der Waals surface area contributed by atoms with Crippen LogP contribution in [-0.2, 0) is 6.42 Å². The van der Waals surface area contributed by atoms with E-state index in [1.807, 2.05) is 12.1 Å². The Morgan fingerprint density at radius 1 is 1.04 bits per heavy atom. The largest absolute Gasteiger partial charge is 0.495 e. The van der Waals surface area contributed by atoms with E-state index in [2.05, 4.69) is 60.9 Å². The van der Waals surface area contributed by atoms with Crippen LogP contribution >= 0.6 is 0 Å². The normalized spacial score (nSPS) is 19.4. The van der Waals surface area contributed by atoms with Crippen LogP contribution in [0.15, 0.2) is 54.6 Å². The summed E-state index contributed by atoms with van der Waals surface area (Å²) in [7, 11) is 1.72. The number of hydrogen-bond acceptors (Lipinski definition) is 2. The van der Waals surface area contributed by atoms with Crippen LogP contribution < -0.4 is 4.74 Å². The maximum absolute atomic E-state index is 12.9. The minimum atomic E-state index is -0.0216. The number of ketones is 1. The van der Waals surface area contributed by atoms with Gasteiger partial charge in [0.2, 0.25) is 0 Å². The highest BCUT2D eigenvalue weighted by atomic mass is 16.5. The van der Waals surface area contributed by atoms with Gasteiger partial charge in [0.1, 0.15) is 5.75 Å². The first-order valence-electron chi connectivity index (χ1n) is 9.50. The Morgan fingerprint density at radius 3 is 2.56 bits per heavy atom. The highest BCUT2D eigenvalue weighted by Crippen LogP contribution is 2.50. The minimum absolute atomic E-state index is 0.0216. The van der Waals surface area contributed by atoms with Crippen LogP contribution in [-0.4, -0.2) is 17.5 Å². The average Bonchev–Trinajstić information content (AvgIpc) is 3.16. The molecule has 2 heterocycles. The number of Topliss-reactive ketones (excluding diaryl/α,β-unsaturated/α-hetero) is 1. The summed E-state index contributed by atoms with van der Waals surface area (Å²) in [6, 6.07) is 18.9. The molecule has 3 aromatic rings. The number of ether oxygens (including phenoxy) is 1. The van der Waals surface area contributed by atoms with Crippen molar-refractivity contribution in [3.63, 3.8) is 0 Å². The zero-order chi connectivity index (χ0) is 18.8. The van der Waals surface area contributed by atoms with Crippen LogP contribution in [0.2, 0.25) is 0 Å². The van der Waals surface area contributed by atoms with Crippen molar-refractivity contribution in [1.29, 1.82) is 0 Å². The molecule has 1 atom stereocenters. The summed E-state index contributed by atoms with van der Waals surface area (Å²) in [5.74, 6) is 1.24. The predicted molar refractivity (Wildman–Crippen MR) is 106 cm³/mol. The van der Waals surface area contributed by atoms with Gasteiger partial charge < -0.3 is 9.30 Å². The number of fused-ring (bicyclic) bond motifs is 5. The maximum atomic E-state index is 12.9. The number of benzene rings is 2. The Hall–Kier alpha value is -2.81. The first kappa shape index (κ1) is 16.4. The Morgan fingerprint density at radius 2 is 1.81 bits per heavy atom. The number of rotatable bonds is 2. The molecule has 1 aliphatic heterocycles. The van der Waals surface area contributed by atoms with Crippen molar-refractivity contribution in [2.75, 3.05) is 7.11 Å². The Labute approximate surface area is 159 Å². The van der Waals surface area contributed by atoms with Crippen molar-refractivity contribution in [2.45, 2.75) is 32.6 Å². The van der Waals surface area contributed by atoms with Crippen LogP contribution in [0, 0.1) is 5.41 Å². The standard InChI is InChI=1S/C24H23NO2/c1-24(2)13-19-17(20(26)14-24)12-18-22(15-8-5-4-6-9-15)16-10-7-11-21(27-3)23(16)25(18)19/h4-12,22H,13-14H2,1-3H3. The minimum Gasteiger partial charge on any atom is -0.495 e. The molecule has 0 fully saturated rings. The molecule has 0 amide bonds. The molecule has 2 aliphatic rings. The van der Waals surface area contributed by atoms with Gasteiger partial charge in [0.05, 0.1) is 18.7 Å². The molecule has 5 rings (SSSR count). The molecule has 0 radical (unpaired) electrons. The fourth-order valence-electron chi connectivity index (χ4n) is 4.84. The third-order valence-corrected chi connectivity index (χ3v) is 5.93. The highest BCUT2D eigenvalue weighted by Gasteiger charge is 2.41.